The molecule has 0 aromatic rings. The van der Waals surface area contributed by atoms with E-state index >= 15 is 0 Å². The number of thiol groups is 1. The van der Waals surface area contributed by atoms with Crippen LogP contribution in [0.2, 0.25) is 0 Å². The molecule has 0 saturated carbocycles. The fourth-order valence-electron chi connectivity index (χ4n) is 1.47. The number of hydrogen-bond donors (Lipinski definition) is 1. The maximum atomic E-state index is 13.3. The molecule has 0 fully saturated rings. The van der Waals surface area contributed by atoms with Crippen LogP contribution in [0.25, 0.3) is 0 Å². The molecule has 0 aliphatic carbocycles. The Kier molecular flexibility index (Phi) is 9.34. The average Bonchev–Trinajstić information content (AvgIpc) is 2.57. The molecule has 0 N–H and O–H groups in total. The molecule has 0 aromatic heterocycles. The van der Waals surface area contributed by atoms with Gasteiger partial charge in [-0.1, -0.05) is 0 Å². The van der Waals surface area contributed by atoms with Crippen molar-refractivity contribution in [2.45, 2.75) is 47.8 Å². The summed E-state index contributed by atoms with van der Waals surface area (Å²) in [4.78, 5) is -3.55. The molecule has 0 atom stereocenters. The molecule has 0 heterocycles. The number of amidine groups is 1. The van der Waals surface area contributed by atoms with E-state index in [1.807, 2.05) is 12.6 Å². The molecule has 0 radical (unpaired) electrons. The summed E-state index contributed by atoms with van der Waals surface area (Å²) < 4.78 is 255. The molecule has 0 amide bonds. The average molecular weight is 676 g/mol. The van der Waals surface area contributed by atoms with Crippen LogP contribution in [0.3, 0.4) is 0 Å². The minimum atomic E-state index is -8.95. The molecule has 0 saturated heterocycles. The summed E-state index contributed by atoms with van der Waals surface area (Å²) in [5.41, 5.74) is 0. The Labute approximate surface area is 188 Å². The van der Waals surface area contributed by atoms with E-state index in [0.29, 0.717) is 0 Å². The van der Waals surface area contributed by atoms with E-state index < -0.39 is 63.1 Å². The zero-order valence-corrected chi connectivity index (χ0v) is 16.8. The van der Waals surface area contributed by atoms with Gasteiger partial charge in [0.15, 0.2) is 0 Å². The predicted molar refractivity (Wildman–Crippen MR) is 60.1 cm³/mol. The quantitative estimate of drug-likeness (QED) is 0.0828. The van der Waals surface area contributed by atoms with Gasteiger partial charge in [0.05, 0.1) is 0 Å². The van der Waals surface area contributed by atoms with Gasteiger partial charge in [-0.2, -0.15) is 74.6 Å². The first-order chi connectivity index (χ1) is 13.5. The summed E-state index contributed by atoms with van der Waals surface area (Å²) in [6.07, 6.45) is -7.92. The van der Waals surface area contributed by atoms with Gasteiger partial charge in [0.2, 0.25) is 0 Å². The monoisotopic (exact) mass is 676 g/mol. The Morgan fingerprint density at radius 1 is 0.515 bits per heavy atom. The second kappa shape index (κ2) is 8.98. The van der Waals surface area contributed by atoms with Gasteiger partial charge >= 0.3 is 52.9 Å². The van der Waals surface area contributed by atoms with E-state index in [9.17, 15) is 88.1 Å². The highest BCUT2D eigenvalue weighted by Gasteiger charge is 2.96. The molecule has 0 aromatic carbocycles. The lowest BCUT2D eigenvalue weighted by atomic mass is 9.90. The normalized spacial score (nSPS) is 16.3. The van der Waals surface area contributed by atoms with Crippen LogP contribution in [0.1, 0.15) is 0 Å². The molecule has 0 unspecified atom stereocenters. The third kappa shape index (κ3) is 4.56. The highest BCUT2D eigenvalue weighted by Crippen LogP contribution is 2.64. The number of nitrogens with zero attached hydrogens (tertiary/aromatic N) is 2. The maximum absolute atomic E-state index is 13.3. The maximum Gasteiger partial charge on any atom is 0.499 e. The molecule has 0 rings (SSSR count). The van der Waals surface area contributed by atoms with Crippen LogP contribution >= 0.6 is 12.6 Å². The Hall–Kier alpha value is -0.850. The van der Waals surface area contributed by atoms with Crippen molar-refractivity contribution in [1.82, 2.24) is 5.34 Å². The Morgan fingerprint density at radius 2 is 0.758 bits per heavy atom. The van der Waals surface area contributed by atoms with Gasteiger partial charge in [-0.3, -0.25) is 0 Å². The van der Waals surface area contributed by atoms with Crippen molar-refractivity contribution in [3.05, 3.63) is 0 Å². The zero-order chi connectivity index (χ0) is 26.7. The summed E-state index contributed by atoms with van der Waals surface area (Å²) in [5.74, 6) is -52.3. The van der Waals surface area contributed by atoms with E-state index in [-0.39, 0.29) is 24.0 Å². The largest absolute Gasteiger partial charge is 1.00 e. The van der Waals surface area contributed by atoms with Gasteiger partial charge < -0.3 is 24.0 Å². The lowest BCUT2D eigenvalue weighted by Crippen LogP contribution is -3.00. The van der Waals surface area contributed by atoms with Crippen molar-refractivity contribution in [3.63, 3.8) is 0 Å². The first kappa shape index (κ1) is 34.3. The first-order valence-corrected chi connectivity index (χ1v) is 6.81. The third-order valence-corrected chi connectivity index (χ3v) is 3.61. The fourth-order valence-corrected chi connectivity index (χ4v) is 1.60. The molecular weight excluding hydrogens is 675 g/mol. The molecule has 0 bridgehead atoms. The fraction of sp³-hybridized carbons (Fsp3) is 0.889. The zero-order valence-electron chi connectivity index (χ0n) is 13.8. The van der Waals surface area contributed by atoms with Crippen LogP contribution in [0, 0.1) is 0 Å². The van der Waals surface area contributed by atoms with Crippen molar-refractivity contribution in [1.29, 1.82) is 0 Å². The first-order valence-electron chi connectivity index (χ1n) is 6.36. The van der Waals surface area contributed by atoms with Gasteiger partial charge in [0.1, 0.15) is 5.34 Å². The lowest BCUT2D eigenvalue weighted by molar-refractivity contribution is -0.837. The Balaban J connectivity index is 0. The summed E-state index contributed by atoms with van der Waals surface area (Å²) in [7, 11) is 0. The van der Waals surface area contributed by atoms with Gasteiger partial charge in [-0.05, 0) is 12.6 Å². The van der Waals surface area contributed by atoms with Crippen LogP contribution in [0.4, 0.5) is 88.1 Å². The van der Waals surface area contributed by atoms with Gasteiger partial charge in [0.25, 0.3) is 0 Å². The molecule has 0 spiro atoms. The summed E-state index contributed by atoms with van der Waals surface area (Å²) in [6.45, 7) is 0. The van der Waals surface area contributed by atoms with Crippen molar-refractivity contribution < 1.29 is 117 Å². The summed E-state index contributed by atoms with van der Waals surface area (Å²) in [5, 5.41) is -6.44. The minimum absolute atomic E-state index is 0. The van der Waals surface area contributed by atoms with Crippen molar-refractivity contribution >= 4 is 17.8 Å². The summed E-state index contributed by atoms with van der Waals surface area (Å²) in [6, 6.07) is -7.81. The topological polar surface area (TPSA) is 6.25 Å². The van der Waals surface area contributed by atoms with Crippen LogP contribution in [-0.2, 0) is 0 Å². The Bertz CT molecular complexity index is 740. The molecule has 0 aliphatic heterocycles. The number of rotatable bonds is 7. The second-order valence-corrected chi connectivity index (χ2v) is 5.70. The van der Waals surface area contributed by atoms with Crippen LogP contribution in [0.5, 0.6) is 0 Å². The van der Waals surface area contributed by atoms with Gasteiger partial charge in [0, 0.05) is 18.2 Å². The van der Waals surface area contributed by atoms with Gasteiger partial charge in [-0.25, -0.2) is 0 Å². The van der Waals surface area contributed by atoms with Crippen LogP contribution in [-0.4, -0.2) is 63.1 Å². The van der Waals surface area contributed by atoms with E-state index in [2.05, 4.69) is 0 Å². The molecule has 0 aliphatic rings. The van der Waals surface area contributed by atoms with E-state index in [1.54, 1.807) is 0 Å². The number of hydrogen-bond acceptors (Lipinski definition) is 0. The van der Waals surface area contributed by atoms with E-state index in [4.69, 9.17) is 0 Å². The summed E-state index contributed by atoms with van der Waals surface area (Å²) >= 11 is 1.99. The van der Waals surface area contributed by atoms with Crippen molar-refractivity contribution in [3.8, 4) is 0 Å². The van der Waals surface area contributed by atoms with Gasteiger partial charge in [-0.15, -0.1) is 0 Å². The molecule has 24 heteroatoms. The molecular formula is C9HF20IN2S. The lowest BCUT2D eigenvalue weighted by Gasteiger charge is -2.41. The predicted octanol–water partition coefficient (Wildman–Crippen LogP) is 3.21. The van der Waals surface area contributed by atoms with Crippen molar-refractivity contribution in [2.24, 2.45) is 0 Å². The molecule has 2 nitrogen and oxygen atoms in total. The van der Waals surface area contributed by atoms with E-state index in [0.717, 1.165) is 0 Å². The van der Waals surface area contributed by atoms with Crippen LogP contribution in [0.15, 0.2) is 0 Å². The molecule has 200 valence electrons. The highest BCUT2D eigenvalue weighted by atomic mass is 127. The molecule has 33 heavy (non-hydrogen) atoms. The standard InChI is InChI=1S/C9F20N2S.HI/c10-2(11,4(14,15)6(18,19)8(22,23)24)3(12,13)5(16,17)7(20,21)9(25,26)30(27)1(32)31(28)29;/h;1H. The Morgan fingerprint density at radius 3 is 1.00 bits per heavy atom. The third-order valence-electron chi connectivity index (χ3n) is 3.28. The van der Waals surface area contributed by atoms with E-state index in [1.165, 1.54) is 0 Å². The highest BCUT2D eigenvalue weighted by molar-refractivity contribution is 7.96. The number of alkyl halides is 17. The van der Waals surface area contributed by atoms with Crippen LogP contribution < -0.4 is 24.0 Å². The number of halogens is 21. The second-order valence-electron chi connectivity index (χ2n) is 5.30. The SMILES string of the molecule is FN(F)C(S)=[N+](F)C(F)(F)C(F)(F)C(F)(F)C(F)(F)C(F)(F)C(F)(F)C(F)(F)C(F)(F)F.[I-]. The van der Waals surface area contributed by atoms with Crippen molar-refractivity contribution in [2.75, 3.05) is 0 Å². The minimum Gasteiger partial charge on any atom is -1.00 e. The smallest absolute Gasteiger partial charge is 0.499 e.